The fourth-order valence-corrected chi connectivity index (χ4v) is 4.80. The van der Waals surface area contributed by atoms with Crippen molar-refractivity contribution in [1.29, 1.82) is 0 Å². The number of carboxylic acids is 1. The van der Waals surface area contributed by atoms with Crippen LogP contribution in [0.3, 0.4) is 0 Å². The molecule has 4 amide bonds. The van der Waals surface area contributed by atoms with E-state index in [2.05, 4.69) is 30.9 Å². The van der Waals surface area contributed by atoms with E-state index in [1.54, 1.807) is 6.20 Å². The van der Waals surface area contributed by atoms with Gasteiger partial charge in [0, 0.05) is 48.3 Å². The molecule has 0 bridgehead atoms. The molecule has 0 aliphatic heterocycles. The van der Waals surface area contributed by atoms with E-state index in [9.17, 15) is 29.1 Å². The number of nitrogens with two attached hydrogens (primary N) is 2. The minimum absolute atomic E-state index is 0.0137. The fraction of sp³-hybridized carbons (Fsp3) is 0.407. The van der Waals surface area contributed by atoms with Crippen molar-refractivity contribution in [2.75, 3.05) is 12.0 Å². The summed E-state index contributed by atoms with van der Waals surface area (Å²) < 4.78 is 0. The molecule has 0 aliphatic rings. The number of fused-ring (bicyclic) bond motifs is 1. The lowest BCUT2D eigenvalue weighted by atomic mass is 10.0. The number of hydrogen-bond acceptors (Lipinski definition) is 8. The van der Waals surface area contributed by atoms with Crippen LogP contribution >= 0.6 is 11.8 Å². The lowest BCUT2D eigenvalue weighted by Crippen LogP contribution is -2.57. The molecule has 0 fully saturated rings. The van der Waals surface area contributed by atoms with Crippen LogP contribution in [0, 0.1) is 0 Å². The maximum absolute atomic E-state index is 13.3. The van der Waals surface area contributed by atoms with Crippen LogP contribution in [-0.2, 0) is 36.8 Å². The van der Waals surface area contributed by atoms with Crippen LogP contribution in [0.25, 0.3) is 10.9 Å². The number of nitrogens with one attached hydrogen (secondary N) is 5. The molecule has 3 aromatic rings. The smallest absolute Gasteiger partial charge is 0.326 e. The van der Waals surface area contributed by atoms with Crippen molar-refractivity contribution in [1.82, 2.24) is 30.9 Å². The van der Waals surface area contributed by atoms with Crippen LogP contribution in [0.15, 0.2) is 43.0 Å². The van der Waals surface area contributed by atoms with E-state index < -0.39 is 53.8 Å². The first kappa shape index (κ1) is 32.1. The molecule has 0 aliphatic carbocycles. The summed E-state index contributed by atoms with van der Waals surface area (Å²) in [5, 5.41) is 18.4. The minimum atomic E-state index is -1.27. The standard InChI is InChI=1S/C27H36N8O6S/c1-42-9-8-21(26(39)35-22(27(40)41)10-15-12-31-19-5-3-2-4-17(15)19)34-25(38)20(6-7-23(29)36)33-24(37)18(28)11-16-13-30-14-32-16/h2-5,12-14,18,20-22,31H,6-11,28H2,1H3,(H2,29,36)(H,30,32)(H,33,37)(H,34,38)(H,35,39)(H,40,41). The third kappa shape index (κ3) is 9.34. The third-order valence-corrected chi connectivity index (χ3v) is 7.24. The molecule has 15 heteroatoms. The van der Waals surface area contributed by atoms with Gasteiger partial charge in [0.15, 0.2) is 0 Å². The van der Waals surface area contributed by atoms with Gasteiger partial charge in [-0.15, -0.1) is 0 Å². The number of H-pyrrole nitrogens is 2. The van der Waals surface area contributed by atoms with E-state index in [0.29, 0.717) is 17.0 Å². The zero-order valence-corrected chi connectivity index (χ0v) is 23.9. The maximum atomic E-state index is 13.3. The number of nitrogens with zero attached hydrogens (tertiary/aromatic N) is 1. The molecule has 2 aromatic heterocycles. The highest BCUT2D eigenvalue weighted by atomic mass is 32.2. The number of aromatic amines is 2. The van der Waals surface area contributed by atoms with Gasteiger partial charge in [0.2, 0.25) is 23.6 Å². The second kappa shape index (κ2) is 15.6. The Labute approximate surface area is 246 Å². The summed E-state index contributed by atoms with van der Waals surface area (Å²) in [4.78, 5) is 72.7. The van der Waals surface area contributed by atoms with Crippen molar-refractivity contribution in [3.05, 3.63) is 54.2 Å². The lowest BCUT2D eigenvalue weighted by molar-refractivity contribution is -0.142. The van der Waals surface area contributed by atoms with Gasteiger partial charge in [-0.05, 0) is 36.5 Å². The van der Waals surface area contributed by atoms with Gasteiger partial charge in [-0.3, -0.25) is 19.2 Å². The number of benzene rings is 1. The van der Waals surface area contributed by atoms with E-state index in [1.807, 2.05) is 30.5 Å². The Hall–Kier alpha value is -4.37. The molecule has 1 aromatic carbocycles. The molecule has 0 saturated carbocycles. The number of primary amides is 1. The van der Waals surface area contributed by atoms with Crippen molar-refractivity contribution in [3.63, 3.8) is 0 Å². The summed E-state index contributed by atoms with van der Waals surface area (Å²) in [7, 11) is 0. The largest absolute Gasteiger partial charge is 0.480 e. The molecular weight excluding hydrogens is 564 g/mol. The molecule has 0 radical (unpaired) electrons. The van der Waals surface area contributed by atoms with Gasteiger partial charge in [0.1, 0.15) is 18.1 Å². The molecule has 0 spiro atoms. The molecule has 3 rings (SSSR count). The minimum Gasteiger partial charge on any atom is -0.480 e. The first-order chi connectivity index (χ1) is 20.1. The molecule has 42 heavy (non-hydrogen) atoms. The Morgan fingerprint density at radius 1 is 0.952 bits per heavy atom. The summed E-state index contributed by atoms with van der Waals surface area (Å²) in [6, 6.07) is 2.78. The average molecular weight is 601 g/mol. The summed E-state index contributed by atoms with van der Waals surface area (Å²) >= 11 is 1.44. The first-order valence-corrected chi connectivity index (χ1v) is 14.7. The monoisotopic (exact) mass is 600 g/mol. The molecule has 4 unspecified atom stereocenters. The van der Waals surface area contributed by atoms with Crippen molar-refractivity contribution in [2.45, 2.75) is 56.3 Å². The normalized spacial score (nSPS) is 14.0. The summed E-state index contributed by atoms with van der Waals surface area (Å²) in [5.41, 5.74) is 13.4. The van der Waals surface area contributed by atoms with Gasteiger partial charge >= 0.3 is 5.97 Å². The number of aliphatic carboxylic acids is 1. The highest BCUT2D eigenvalue weighted by molar-refractivity contribution is 7.98. The predicted molar refractivity (Wildman–Crippen MR) is 157 cm³/mol. The highest BCUT2D eigenvalue weighted by Crippen LogP contribution is 2.19. The summed E-state index contributed by atoms with van der Waals surface area (Å²) in [5.74, 6) is -3.51. The van der Waals surface area contributed by atoms with Crippen LogP contribution in [0.1, 0.15) is 30.5 Å². The quantitative estimate of drug-likeness (QED) is 0.100. The van der Waals surface area contributed by atoms with Gasteiger partial charge in [-0.25, -0.2) is 9.78 Å². The van der Waals surface area contributed by atoms with E-state index in [-0.39, 0.29) is 32.1 Å². The Bertz CT molecular complexity index is 1380. The van der Waals surface area contributed by atoms with Crippen molar-refractivity contribution >= 4 is 52.3 Å². The number of carbonyl (C=O) groups is 5. The number of rotatable bonds is 17. The van der Waals surface area contributed by atoms with Crippen LogP contribution in [0.5, 0.6) is 0 Å². The van der Waals surface area contributed by atoms with Crippen LogP contribution in [0.4, 0.5) is 0 Å². The summed E-state index contributed by atoms with van der Waals surface area (Å²) in [6.45, 7) is 0. The molecule has 226 valence electrons. The van der Waals surface area contributed by atoms with Crippen LogP contribution in [-0.4, -0.2) is 85.8 Å². The van der Waals surface area contributed by atoms with Crippen molar-refractivity contribution in [2.24, 2.45) is 11.5 Å². The van der Waals surface area contributed by atoms with E-state index in [0.717, 1.165) is 10.9 Å². The van der Waals surface area contributed by atoms with Gasteiger partial charge < -0.3 is 42.5 Å². The third-order valence-electron chi connectivity index (χ3n) is 6.60. The van der Waals surface area contributed by atoms with E-state index in [4.69, 9.17) is 11.5 Å². The number of carboxylic acid groups (broad SMARTS) is 1. The Balaban J connectivity index is 1.71. The molecule has 0 saturated heterocycles. The number of aromatic nitrogens is 3. The number of imidazole rings is 1. The number of carbonyl (C=O) groups excluding carboxylic acids is 4. The Morgan fingerprint density at radius 3 is 2.26 bits per heavy atom. The lowest BCUT2D eigenvalue weighted by Gasteiger charge is -2.25. The first-order valence-electron chi connectivity index (χ1n) is 13.3. The maximum Gasteiger partial charge on any atom is 0.326 e. The molecule has 14 nitrogen and oxygen atoms in total. The fourth-order valence-electron chi connectivity index (χ4n) is 4.33. The Morgan fingerprint density at radius 2 is 1.62 bits per heavy atom. The average Bonchev–Trinajstić information content (AvgIpc) is 3.62. The van der Waals surface area contributed by atoms with Crippen LogP contribution < -0.4 is 27.4 Å². The SMILES string of the molecule is CSCCC(NC(=O)C(CCC(N)=O)NC(=O)C(N)Cc1cnc[nH]1)C(=O)NC(Cc1c[nH]c2ccccc12)C(=O)O. The van der Waals surface area contributed by atoms with Crippen LogP contribution in [0.2, 0.25) is 0 Å². The van der Waals surface area contributed by atoms with E-state index >= 15 is 0 Å². The molecular formula is C27H36N8O6S. The predicted octanol–water partition coefficient (Wildman–Crippen LogP) is -0.439. The second-order valence-electron chi connectivity index (χ2n) is 9.76. The molecule has 4 atom stereocenters. The second-order valence-corrected chi connectivity index (χ2v) is 10.7. The van der Waals surface area contributed by atoms with E-state index in [1.165, 1.54) is 24.3 Å². The highest BCUT2D eigenvalue weighted by Gasteiger charge is 2.31. The topological polar surface area (TPSA) is 238 Å². The van der Waals surface area contributed by atoms with Gasteiger partial charge in [0.25, 0.3) is 0 Å². The molecule has 10 N–H and O–H groups in total. The van der Waals surface area contributed by atoms with Gasteiger partial charge in [-0.1, -0.05) is 18.2 Å². The molecule has 2 heterocycles. The van der Waals surface area contributed by atoms with Gasteiger partial charge in [-0.2, -0.15) is 11.8 Å². The van der Waals surface area contributed by atoms with Gasteiger partial charge in [0.05, 0.1) is 12.4 Å². The number of para-hydroxylation sites is 1. The van der Waals surface area contributed by atoms with Crippen molar-refractivity contribution < 1.29 is 29.1 Å². The zero-order valence-electron chi connectivity index (χ0n) is 23.1. The number of hydrogen-bond donors (Lipinski definition) is 8. The number of amides is 4. The van der Waals surface area contributed by atoms with Crippen molar-refractivity contribution in [3.8, 4) is 0 Å². The number of thioether (sulfide) groups is 1. The zero-order chi connectivity index (χ0) is 30.6. The summed E-state index contributed by atoms with van der Waals surface area (Å²) in [6.07, 6.45) is 6.48. The Kier molecular flexibility index (Phi) is 11.9.